The number of hydrogen-bond acceptors (Lipinski definition) is 5. The first-order valence-electron chi connectivity index (χ1n) is 8.86. The van der Waals surface area contributed by atoms with Crippen LogP contribution >= 0.6 is 0 Å². The van der Waals surface area contributed by atoms with Crippen LogP contribution in [0.25, 0.3) is 0 Å². The maximum Gasteiger partial charge on any atom is 0.212 e. The summed E-state index contributed by atoms with van der Waals surface area (Å²) in [5.41, 5.74) is 1.95. The zero-order valence-electron chi connectivity index (χ0n) is 14.7. The third-order valence-electron chi connectivity index (χ3n) is 4.66. The fourth-order valence-corrected chi connectivity index (χ4v) is 3.25. The van der Waals surface area contributed by atoms with E-state index < -0.39 is 0 Å². The number of piperazine rings is 1. The smallest absolute Gasteiger partial charge is 0.212 e. The van der Waals surface area contributed by atoms with E-state index in [-0.39, 0.29) is 17.6 Å². The van der Waals surface area contributed by atoms with Crippen molar-refractivity contribution in [2.45, 2.75) is 6.04 Å². The quantitative estimate of drug-likeness (QED) is 0.723. The fraction of sp³-hybridized carbons (Fsp3) is 0.190. The van der Waals surface area contributed by atoms with Gasteiger partial charge in [-0.2, -0.15) is 0 Å². The van der Waals surface area contributed by atoms with E-state index in [4.69, 9.17) is 0 Å². The summed E-state index contributed by atoms with van der Waals surface area (Å²) < 4.78 is 13.2. The minimum Gasteiger partial charge on any atom is -0.353 e. The standard InChI is InChI=1S/C21H19FN4O/c22-17-8-6-15(7-9-17)19-14-26(12-11-24-19)20-5-1-4-18(25-20)21(27)16-3-2-10-23-13-16/h1-10,13,19,24H,11-12,14H2. The van der Waals surface area contributed by atoms with E-state index in [2.05, 4.69) is 20.2 Å². The Kier molecular flexibility index (Phi) is 4.89. The van der Waals surface area contributed by atoms with Crippen LogP contribution in [0.15, 0.2) is 67.0 Å². The van der Waals surface area contributed by atoms with E-state index in [1.165, 1.54) is 12.1 Å². The van der Waals surface area contributed by atoms with Crippen LogP contribution < -0.4 is 10.2 Å². The molecule has 1 aliphatic rings. The third kappa shape index (κ3) is 3.85. The highest BCUT2D eigenvalue weighted by molar-refractivity contribution is 6.07. The van der Waals surface area contributed by atoms with Crippen LogP contribution in [0.4, 0.5) is 10.2 Å². The molecule has 27 heavy (non-hydrogen) atoms. The number of hydrogen-bond donors (Lipinski definition) is 1. The number of nitrogens with zero attached hydrogens (tertiary/aromatic N) is 3. The van der Waals surface area contributed by atoms with Crippen LogP contribution in [-0.2, 0) is 0 Å². The molecule has 3 heterocycles. The molecule has 1 saturated heterocycles. The maximum atomic E-state index is 13.2. The molecule has 136 valence electrons. The largest absolute Gasteiger partial charge is 0.353 e. The number of nitrogens with one attached hydrogen (secondary N) is 1. The van der Waals surface area contributed by atoms with Gasteiger partial charge in [0.1, 0.15) is 17.3 Å². The lowest BCUT2D eigenvalue weighted by molar-refractivity contribution is 0.103. The molecule has 1 fully saturated rings. The molecule has 1 N–H and O–H groups in total. The van der Waals surface area contributed by atoms with Crippen LogP contribution in [0.5, 0.6) is 0 Å². The van der Waals surface area contributed by atoms with Gasteiger partial charge in [-0.3, -0.25) is 9.78 Å². The fourth-order valence-electron chi connectivity index (χ4n) is 3.25. The first-order valence-corrected chi connectivity index (χ1v) is 8.86. The van der Waals surface area contributed by atoms with Gasteiger partial charge < -0.3 is 10.2 Å². The molecule has 1 atom stereocenters. The van der Waals surface area contributed by atoms with E-state index in [1.807, 2.05) is 12.1 Å². The molecule has 1 unspecified atom stereocenters. The van der Waals surface area contributed by atoms with Crippen molar-refractivity contribution in [2.24, 2.45) is 0 Å². The molecule has 0 aliphatic carbocycles. The first kappa shape index (κ1) is 17.3. The summed E-state index contributed by atoms with van der Waals surface area (Å²) in [6.45, 7) is 2.27. The van der Waals surface area contributed by atoms with E-state index in [0.29, 0.717) is 17.8 Å². The summed E-state index contributed by atoms with van der Waals surface area (Å²) in [4.78, 5) is 23.3. The molecule has 6 heteroatoms. The van der Waals surface area contributed by atoms with Gasteiger partial charge in [0.25, 0.3) is 0 Å². The summed E-state index contributed by atoms with van der Waals surface area (Å²) in [6.07, 6.45) is 3.18. The monoisotopic (exact) mass is 362 g/mol. The van der Waals surface area contributed by atoms with Crippen LogP contribution in [0.3, 0.4) is 0 Å². The summed E-state index contributed by atoms with van der Waals surface area (Å²) in [6, 6.07) is 15.6. The number of ketones is 1. The molecular formula is C21H19FN4O. The Balaban J connectivity index is 1.54. The van der Waals surface area contributed by atoms with Crippen molar-refractivity contribution in [2.75, 3.05) is 24.5 Å². The van der Waals surface area contributed by atoms with Crippen molar-refractivity contribution in [1.29, 1.82) is 0 Å². The zero-order chi connectivity index (χ0) is 18.6. The number of carbonyl (C=O) groups is 1. The van der Waals surface area contributed by atoms with Crippen LogP contribution in [0, 0.1) is 5.82 Å². The van der Waals surface area contributed by atoms with Crippen LogP contribution in [0.2, 0.25) is 0 Å². The van der Waals surface area contributed by atoms with Gasteiger partial charge in [-0.05, 0) is 42.0 Å². The highest BCUT2D eigenvalue weighted by Gasteiger charge is 2.22. The van der Waals surface area contributed by atoms with E-state index in [9.17, 15) is 9.18 Å². The maximum absolute atomic E-state index is 13.2. The first-order chi connectivity index (χ1) is 13.2. The Morgan fingerprint density at radius 1 is 1.11 bits per heavy atom. The van der Waals surface area contributed by atoms with Gasteiger partial charge in [-0.25, -0.2) is 9.37 Å². The second kappa shape index (κ2) is 7.63. The number of aromatic nitrogens is 2. The van der Waals surface area contributed by atoms with Gasteiger partial charge in [0.05, 0.1) is 0 Å². The lowest BCUT2D eigenvalue weighted by atomic mass is 10.0. The van der Waals surface area contributed by atoms with Crippen molar-refractivity contribution in [3.8, 4) is 0 Å². The van der Waals surface area contributed by atoms with Crippen molar-refractivity contribution in [3.05, 3.63) is 89.6 Å². The third-order valence-corrected chi connectivity index (χ3v) is 4.66. The van der Waals surface area contributed by atoms with Gasteiger partial charge >= 0.3 is 0 Å². The zero-order valence-corrected chi connectivity index (χ0v) is 14.7. The summed E-state index contributed by atoms with van der Waals surface area (Å²) >= 11 is 0. The number of rotatable bonds is 4. The lowest BCUT2D eigenvalue weighted by Crippen LogP contribution is -2.46. The predicted molar refractivity (Wildman–Crippen MR) is 101 cm³/mol. The predicted octanol–water partition coefficient (Wildman–Crippen LogP) is 3.00. The molecule has 2 aromatic heterocycles. The lowest BCUT2D eigenvalue weighted by Gasteiger charge is -2.35. The van der Waals surface area contributed by atoms with Gasteiger partial charge in [0, 0.05) is 43.6 Å². The Morgan fingerprint density at radius 2 is 1.96 bits per heavy atom. The van der Waals surface area contributed by atoms with Gasteiger partial charge in [0.15, 0.2) is 0 Å². The number of pyridine rings is 2. The Morgan fingerprint density at radius 3 is 2.74 bits per heavy atom. The van der Waals surface area contributed by atoms with Crippen LogP contribution in [-0.4, -0.2) is 35.4 Å². The Labute approximate surface area is 156 Å². The molecule has 0 radical (unpaired) electrons. The molecular weight excluding hydrogens is 343 g/mol. The molecule has 0 saturated carbocycles. The number of halogens is 1. The average Bonchev–Trinajstić information content (AvgIpc) is 2.74. The molecule has 3 aromatic rings. The Hall–Kier alpha value is -3.12. The van der Waals surface area contributed by atoms with Gasteiger partial charge in [-0.15, -0.1) is 0 Å². The molecule has 0 bridgehead atoms. The minimum atomic E-state index is -0.241. The van der Waals surface area contributed by atoms with Crippen molar-refractivity contribution in [3.63, 3.8) is 0 Å². The van der Waals surface area contributed by atoms with Gasteiger partial charge in [0.2, 0.25) is 5.78 Å². The summed E-state index contributed by atoms with van der Waals surface area (Å²) in [5, 5.41) is 3.45. The molecule has 0 spiro atoms. The Bertz CT molecular complexity index is 930. The highest BCUT2D eigenvalue weighted by atomic mass is 19.1. The average molecular weight is 362 g/mol. The van der Waals surface area contributed by atoms with E-state index in [0.717, 1.165) is 24.5 Å². The molecule has 1 aromatic carbocycles. The second-order valence-corrected chi connectivity index (χ2v) is 6.46. The van der Waals surface area contributed by atoms with Crippen molar-refractivity contribution >= 4 is 11.6 Å². The number of benzene rings is 1. The SMILES string of the molecule is O=C(c1cccnc1)c1cccc(N2CCNC(c3ccc(F)cc3)C2)n1. The molecule has 5 nitrogen and oxygen atoms in total. The second-order valence-electron chi connectivity index (χ2n) is 6.46. The van der Waals surface area contributed by atoms with E-state index in [1.54, 1.807) is 42.7 Å². The highest BCUT2D eigenvalue weighted by Crippen LogP contribution is 2.22. The van der Waals surface area contributed by atoms with Crippen molar-refractivity contribution in [1.82, 2.24) is 15.3 Å². The number of anilines is 1. The summed E-state index contributed by atoms with van der Waals surface area (Å²) in [7, 11) is 0. The molecule has 0 amide bonds. The molecule has 4 rings (SSSR count). The molecule has 1 aliphatic heterocycles. The van der Waals surface area contributed by atoms with Crippen molar-refractivity contribution < 1.29 is 9.18 Å². The summed E-state index contributed by atoms with van der Waals surface area (Å²) in [5.74, 6) is 0.378. The number of carbonyl (C=O) groups excluding carboxylic acids is 1. The topological polar surface area (TPSA) is 58.1 Å². The van der Waals surface area contributed by atoms with Crippen LogP contribution in [0.1, 0.15) is 27.7 Å². The normalized spacial score (nSPS) is 16.9. The minimum absolute atomic E-state index is 0.0823. The van der Waals surface area contributed by atoms with Gasteiger partial charge in [-0.1, -0.05) is 18.2 Å². The van der Waals surface area contributed by atoms with E-state index >= 15 is 0 Å².